The van der Waals surface area contributed by atoms with E-state index >= 15 is 0 Å². The van der Waals surface area contributed by atoms with E-state index in [1.807, 2.05) is 23.5 Å². The maximum atomic E-state index is 2.29. The fourth-order valence-electron chi connectivity index (χ4n) is 3.16. The van der Waals surface area contributed by atoms with Crippen molar-refractivity contribution in [2.75, 3.05) is 0 Å². The Balaban J connectivity index is 1.58. The van der Waals surface area contributed by atoms with Gasteiger partial charge in [-0.3, -0.25) is 0 Å². The maximum absolute atomic E-state index is 2.29. The average molecular weight is 349 g/mol. The van der Waals surface area contributed by atoms with Gasteiger partial charge in [0, 0.05) is 22.0 Å². The van der Waals surface area contributed by atoms with Crippen LogP contribution in [0.1, 0.15) is 11.1 Å². The van der Waals surface area contributed by atoms with Gasteiger partial charge in [0.15, 0.2) is 0 Å². The Morgan fingerprint density at radius 3 is 1.54 bits per heavy atom. The molecule has 2 aromatic carbocycles. The molecule has 4 rings (SSSR count). The third kappa shape index (κ3) is 3.55. The van der Waals surface area contributed by atoms with E-state index in [-0.39, 0.29) is 0 Å². The lowest BCUT2D eigenvalue weighted by molar-refractivity contribution is 1.36. The highest BCUT2D eigenvalue weighted by Crippen LogP contribution is 2.32. The Labute approximate surface area is 152 Å². The first kappa shape index (κ1) is 15.9. The van der Waals surface area contributed by atoms with Gasteiger partial charge in [-0.2, -0.15) is 0 Å². The standard InChI is InChI=1S/C22H20S2/c1-2-12-20(11-1)23-15-18-9-5-7-17-8-6-10-19(22(17)18)16-24-21-13-3-4-14-21/h1-14,20-21H,15-16H2. The van der Waals surface area contributed by atoms with Crippen LogP contribution in [0.3, 0.4) is 0 Å². The number of allylic oxidation sites excluding steroid dienone is 4. The first-order valence-electron chi connectivity index (χ1n) is 8.33. The third-order valence-electron chi connectivity index (χ3n) is 4.37. The Hall–Kier alpha value is -1.64. The molecule has 0 saturated carbocycles. The Kier molecular flexibility index (Phi) is 4.96. The summed E-state index contributed by atoms with van der Waals surface area (Å²) >= 11 is 4.00. The molecule has 0 atom stereocenters. The summed E-state index contributed by atoms with van der Waals surface area (Å²) in [5.41, 5.74) is 2.92. The zero-order valence-electron chi connectivity index (χ0n) is 13.5. The smallest absolute Gasteiger partial charge is 0.0417 e. The van der Waals surface area contributed by atoms with Crippen LogP contribution in [-0.4, -0.2) is 10.5 Å². The first-order valence-corrected chi connectivity index (χ1v) is 10.4. The molecular formula is C22H20S2. The molecule has 0 fully saturated rings. The third-order valence-corrected chi connectivity index (χ3v) is 6.72. The van der Waals surface area contributed by atoms with Gasteiger partial charge in [-0.25, -0.2) is 0 Å². The van der Waals surface area contributed by atoms with Crippen LogP contribution in [0.5, 0.6) is 0 Å². The van der Waals surface area contributed by atoms with Gasteiger partial charge in [-0.05, 0) is 21.9 Å². The molecule has 2 heteroatoms. The molecule has 0 saturated heterocycles. The zero-order valence-corrected chi connectivity index (χ0v) is 15.1. The lowest BCUT2D eigenvalue weighted by Gasteiger charge is -2.14. The minimum atomic E-state index is 0.524. The van der Waals surface area contributed by atoms with Gasteiger partial charge in [0.05, 0.1) is 0 Å². The van der Waals surface area contributed by atoms with Crippen molar-refractivity contribution in [3.05, 3.63) is 96.1 Å². The van der Waals surface area contributed by atoms with E-state index in [9.17, 15) is 0 Å². The van der Waals surface area contributed by atoms with E-state index in [2.05, 4.69) is 85.0 Å². The number of fused-ring (bicyclic) bond motifs is 1. The summed E-state index contributed by atoms with van der Waals surface area (Å²) in [5.74, 6) is 2.11. The molecule has 24 heavy (non-hydrogen) atoms. The van der Waals surface area contributed by atoms with Gasteiger partial charge in [0.25, 0.3) is 0 Å². The molecule has 0 aromatic heterocycles. The fraction of sp³-hybridized carbons (Fsp3) is 0.182. The molecule has 0 amide bonds. The van der Waals surface area contributed by atoms with Crippen molar-refractivity contribution >= 4 is 34.3 Å². The second kappa shape index (κ2) is 7.50. The van der Waals surface area contributed by atoms with Gasteiger partial charge in [-0.15, -0.1) is 23.5 Å². The highest BCUT2D eigenvalue weighted by Gasteiger charge is 2.11. The van der Waals surface area contributed by atoms with Crippen LogP contribution in [0.25, 0.3) is 10.8 Å². The van der Waals surface area contributed by atoms with E-state index in [4.69, 9.17) is 0 Å². The minimum Gasteiger partial charge on any atom is -0.145 e. The second-order valence-corrected chi connectivity index (χ2v) is 8.36. The van der Waals surface area contributed by atoms with Crippen LogP contribution in [0.15, 0.2) is 85.0 Å². The summed E-state index contributed by atoms with van der Waals surface area (Å²) in [6.07, 6.45) is 17.7. The van der Waals surface area contributed by atoms with Crippen LogP contribution in [0.2, 0.25) is 0 Å². The maximum Gasteiger partial charge on any atom is 0.0417 e. The molecule has 0 bridgehead atoms. The quantitative estimate of drug-likeness (QED) is 0.601. The van der Waals surface area contributed by atoms with Crippen LogP contribution < -0.4 is 0 Å². The van der Waals surface area contributed by atoms with Crippen LogP contribution >= 0.6 is 23.5 Å². The van der Waals surface area contributed by atoms with E-state index in [0.29, 0.717) is 10.5 Å². The fourth-order valence-corrected chi connectivity index (χ4v) is 5.19. The molecule has 0 aliphatic heterocycles. The van der Waals surface area contributed by atoms with Crippen molar-refractivity contribution in [2.24, 2.45) is 0 Å². The van der Waals surface area contributed by atoms with Gasteiger partial charge >= 0.3 is 0 Å². The Morgan fingerprint density at radius 1 is 0.625 bits per heavy atom. The summed E-state index contributed by atoms with van der Waals surface area (Å²) in [5, 5.41) is 3.87. The molecule has 2 aliphatic carbocycles. The number of hydrogen-bond donors (Lipinski definition) is 0. The SMILES string of the molecule is C1=CC(SCc2cccc3cccc(CSC4C=CC=C4)c23)C=C1. The number of rotatable bonds is 6. The van der Waals surface area contributed by atoms with Crippen molar-refractivity contribution in [3.63, 3.8) is 0 Å². The molecule has 0 spiro atoms. The van der Waals surface area contributed by atoms with Gasteiger partial charge in [-0.1, -0.05) is 85.0 Å². The van der Waals surface area contributed by atoms with E-state index < -0.39 is 0 Å². The summed E-state index contributed by atoms with van der Waals surface area (Å²) < 4.78 is 0. The summed E-state index contributed by atoms with van der Waals surface area (Å²) in [6.45, 7) is 0. The topological polar surface area (TPSA) is 0 Å². The van der Waals surface area contributed by atoms with Crippen molar-refractivity contribution in [1.29, 1.82) is 0 Å². The predicted molar refractivity (Wildman–Crippen MR) is 111 cm³/mol. The predicted octanol–water partition coefficient (Wildman–Crippen LogP) is 6.30. The Bertz CT molecular complexity index is 751. The molecule has 2 aromatic rings. The summed E-state index contributed by atoms with van der Waals surface area (Å²) in [6, 6.07) is 13.4. The van der Waals surface area contributed by atoms with Gasteiger partial charge < -0.3 is 0 Å². The first-order chi connectivity index (χ1) is 11.9. The molecular weight excluding hydrogens is 328 g/mol. The second-order valence-electron chi connectivity index (χ2n) is 6.02. The summed E-state index contributed by atoms with van der Waals surface area (Å²) in [4.78, 5) is 0. The van der Waals surface area contributed by atoms with E-state index in [1.54, 1.807) is 0 Å². The molecule has 0 radical (unpaired) electrons. The average Bonchev–Trinajstić information content (AvgIpc) is 3.31. The molecule has 120 valence electrons. The monoisotopic (exact) mass is 348 g/mol. The lowest BCUT2D eigenvalue weighted by Crippen LogP contribution is -1.96. The van der Waals surface area contributed by atoms with Crippen molar-refractivity contribution < 1.29 is 0 Å². The normalized spacial score (nSPS) is 16.8. The molecule has 0 nitrogen and oxygen atoms in total. The van der Waals surface area contributed by atoms with Crippen LogP contribution in [-0.2, 0) is 11.5 Å². The van der Waals surface area contributed by atoms with Crippen molar-refractivity contribution in [1.82, 2.24) is 0 Å². The largest absolute Gasteiger partial charge is 0.145 e. The van der Waals surface area contributed by atoms with Crippen LogP contribution in [0, 0.1) is 0 Å². The van der Waals surface area contributed by atoms with Crippen molar-refractivity contribution in [2.45, 2.75) is 22.0 Å². The number of thioether (sulfide) groups is 2. The number of hydrogen-bond acceptors (Lipinski definition) is 2. The molecule has 0 N–H and O–H groups in total. The highest BCUT2D eigenvalue weighted by atomic mass is 32.2. The van der Waals surface area contributed by atoms with E-state index in [0.717, 1.165) is 11.5 Å². The number of benzene rings is 2. The van der Waals surface area contributed by atoms with Crippen LogP contribution in [0.4, 0.5) is 0 Å². The Morgan fingerprint density at radius 2 is 1.08 bits per heavy atom. The molecule has 0 heterocycles. The minimum absolute atomic E-state index is 0.524. The highest BCUT2D eigenvalue weighted by molar-refractivity contribution is 7.99. The zero-order chi connectivity index (χ0) is 16.2. The van der Waals surface area contributed by atoms with Gasteiger partial charge in [0.1, 0.15) is 0 Å². The summed E-state index contributed by atoms with van der Waals surface area (Å²) in [7, 11) is 0. The van der Waals surface area contributed by atoms with Gasteiger partial charge in [0.2, 0.25) is 0 Å². The molecule has 2 aliphatic rings. The lowest BCUT2D eigenvalue weighted by atomic mass is 10.0. The molecule has 0 unspecified atom stereocenters. The van der Waals surface area contributed by atoms with E-state index in [1.165, 1.54) is 21.9 Å². The van der Waals surface area contributed by atoms with Crippen molar-refractivity contribution in [3.8, 4) is 0 Å².